The summed E-state index contributed by atoms with van der Waals surface area (Å²) in [4.78, 5) is 16.1. The predicted octanol–water partition coefficient (Wildman–Crippen LogP) is 4.07. The van der Waals surface area contributed by atoms with Crippen LogP contribution in [-0.2, 0) is 6.18 Å². The minimum Gasteiger partial charge on any atom is -0.497 e. The topological polar surface area (TPSA) is 44.8 Å². The molecule has 1 heterocycles. The van der Waals surface area contributed by atoms with Crippen molar-refractivity contribution in [3.8, 4) is 5.75 Å². The van der Waals surface area contributed by atoms with Crippen molar-refractivity contribution in [1.29, 1.82) is 0 Å². The molecule has 0 spiro atoms. The van der Waals surface area contributed by atoms with Crippen molar-refractivity contribution in [2.45, 2.75) is 6.18 Å². The zero-order valence-electron chi connectivity index (χ0n) is 14.8. The normalized spacial score (nSPS) is 14.8. The lowest BCUT2D eigenvalue weighted by molar-refractivity contribution is -0.137. The van der Waals surface area contributed by atoms with Crippen molar-refractivity contribution in [3.63, 3.8) is 0 Å². The van der Waals surface area contributed by atoms with Crippen LogP contribution in [0.1, 0.15) is 5.56 Å². The highest BCUT2D eigenvalue weighted by Gasteiger charge is 2.35. The first-order valence-electron chi connectivity index (χ1n) is 8.49. The molecule has 0 saturated carbocycles. The van der Waals surface area contributed by atoms with Gasteiger partial charge >= 0.3 is 12.2 Å². The Hall–Kier alpha value is -2.90. The summed E-state index contributed by atoms with van der Waals surface area (Å²) in [5.41, 5.74) is -0.149. The highest BCUT2D eigenvalue weighted by Crippen LogP contribution is 2.37. The molecule has 0 bridgehead atoms. The van der Waals surface area contributed by atoms with Crippen LogP contribution in [-0.4, -0.2) is 44.2 Å². The standard InChI is InChI=1S/C19H20F3N3O2/c1-27-15-7-8-17(16(13-15)19(20,21)22)23-18(26)25-11-9-24(10-12-25)14-5-3-2-4-6-14/h2-8,13H,9-12H2,1H3,(H,23,26). The minimum atomic E-state index is -4.59. The van der Waals surface area contributed by atoms with Crippen molar-refractivity contribution in [2.24, 2.45) is 0 Å². The van der Waals surface area contributed by atoms with Crippen LogP contribution >= 0.6 is 0 Å². The molecule has 0 aliphatic carbocycles. The fourth-order valence-electron chi connectivity index (χ4n) is 2.99. The minimum absolute atomic E-state index is 0.0804. The molecular formula is C19H20F3N3O2. The number of piperazine rings is 1. The van der Waals surface area contributed by atoms with Gasteiger partial charge in [-0.15, -0.1) is 0 Å². The fourth-order valence-corrected chi connectivity index (χ4v) is 2.99. The number of halogens is 3. The Morgan fingerprint density at radius 1 is 1.04 bits per heavy atom. The van der Waals surface area contributed by atoms with Crippen molar-refractivity contribution in [2.75, 3.05) is 43.5 Å². The summed E-state index contributed by atoms with van der Waals surface area (Å²) in [6.07, 6.45) is -4.59. The number of ether oxygens (including phenoxy) is 1. The third-order valence-corrected chi connectivity index (χ3v) is 4.46. The Bertz CT molecular complexity index is 789. The van der Waals surface area contributed by atoms with E-state index in [2.05, 4.69) is 10.2 Å². The molecule has 8 heteroatoms. The third-order valence-electron chi connectivity index (χ3n) is 4.46. The molecule has 27 heavy (non-hydrogen) atoms. The van der Waals surface area contributed by atoms with Gasteiger partial charge in [0.15, 0.2) is 0 Å². The number of anilines is 2. The van der Waals surface area contributed by atoms with E-state index in [1.165, 1.54) is 24.1 Å². The summed E-state index contributed by atoms with van der Waals surface area (Å²) < 4.78 is 44.7. The molecule has 5 nitrogen and oxygen atoms in total. The Balaban J connectivity index is 1.66. The summed E-state index contributed by atoms with van der Waals surface area (Å²) >= 11 is 0. The molecular weight excluding hydrogens is 359 g/mol. The lowest BCUT2D eigenvalue weighted by atomic mass is 10.1. The van der Waals surface area contributed by atoms with Crippen molar-refractivity contribution in [3.05, 3.63) is 54.1 Å². The largest absolute Gasteiger partial charge is 0.497 e. The summed E-state index contributed by atoms with van der Waals surface area (Å²) in [5.74, 6) is 0.0804. The van der Waals surface area contributed by atoms with Gasteiger partial charge in [-0.3, -0.25) is 0 Å². The highest BCUT2D eigenvalue weighted by atomic mass is 19.4. The van der Waals surface area contributed by atoms with Crippen LogP contribution in [0.2, 0.25) is 0 Å². The Labute approximate surface area is 155 Å². The van der Waals surface area contributed by atoms with Crippen LogP contribution in [0.15, 0.2) is 48.5 Å². The molecule has 0 atom stereocenters. The van der Waals surface area contributed by atoms with Gasteiger partial charge in [-0.25, -0.2) is 4.79 Å². The van der Waals surface area contributed by atoms with Crippen molar-refractivity contribution in [1.82, 2.24) is 4.90 Å². The third kappa shape index (κ3) is 4.45. The maximum absolute atomic E-state index is 13.3. The zero-order chi connectivity index (χ0) is 19.4. The lowest BCUT2D eigenvalue weighted by Crippen LogP contribution is -2.50. The molecule has 0 unspecified atom stereocenters. The van der Waals surface area contributed by atoms with Crippen LogP contribution in [0.4, 0.5) is 29.3 Å². The van der Waals surface area contributed by atoms with Gasteiger partial charge in [0.05, 0.1) is 18.4 Å². The number of hydrogen-bond acceptors (Lipinski definition) is 3. The van der Waals surface area contributed by atoms with Gasteiger partial charge in [0.1, 0.15) is 5.75 Å². The number of nitrogens with one attached hydrogen (secondary N) is 1. The van der Waals surface area contributed by atoms with Gasteiger partial charge in [0.2, 0.25) is 0 Å². The number of methoxy groups -OCH3 is 1. The molecule has 0 radical (unpaired) electrons. The molecule has 1 aliphatic rings. The summed E-state index contributed by atoms with van der Waals surface area (Å²) in [7, 11) is 1.29. The SMILES string of the molecule is COc1ccc(NC(=O)N2CCN(c3ccccc3)CC2)c(C(F)(F)F)c1. The van der Waals surface area contributed by atoms with E-state index in [0.717, 1.165) is 11.8 Å². The maximum atomic E-state index is 13.3. The molecule has 2 amide bonds. The second kappa shape index (κ2) is 7.77. The molecule has 1 N–H and O–H groups in total. The number of hydrogen-bond donors (Lipinski definition) is 1. The Morgan fingerprint density at radius 3 is 2.30 bits per heavy atom. The monoisotopic (exact) mass is 379 g/mol. The number of alkyl halides is 3. The van der Waals surface area contributed by atoms with Crippen LogP contribution in [0.25, 0.3) is 0 Å². The number of rotatable bonds is 3. The van der Waals surface area contributed by atoms with E-state index in [1.807, 2.05) is 30.3 Å². The number of carbonyl (C=O) groups excluding carboxylic acids is 1. The first-order valence-corrected chi connectivity index (χ1v) is 8.49. The number of carbonyl (C=O) groups is 1. The van der Waals surface area contributed by atoms with E-state index in [9.17, 15) is 18.0 Å². The van der Waals surface area contributed by atoms with Crippen LogP contribution < -0.4 is 15.0 Å². The highest BCUT2D eigenvalue weighted by molar-refractivity contribution is 5.90. The summed E-state index contributed by atoms with van der Waals surface area (Å²) in [6, 6.07) is 12.7. The van der Waals surface area contributed by atoms with E-state index in [-0.39, 0.29) is 11.4 Å². The molecule has 2 aromatic rings. The number of urea groups is 1. The average Bonchev–Trinajstić information content (AvgIpc) is 2.68. The molecule has 2 aromatic carbocycles. The molecule has 3 rings (SSSR count). The van der Waals surface area contributed by atoms with E-state index >= 15 is 0 Å². The van der Waals surface area contributed by atoms with Crippen LogP contribution in [0.5, 0.6) is 5.75 Å². The van der Waals surface area contributed by atoms with Crippen LogP contribution in [0, 0.1) is 0 Å². The number of amides is 2. The quantitative estimate of drug-likeness (QED) is 0.875. The van der Waals surface area contributed by atoms with E-state index in [1.54, 1.807) is 0 Å². The lowest BCUT2D eigenvalue weighted by Gasteiger charge is -2.36. The number of nitrogens with zero attached hydrogens (tertiary/aromatic N) is 2. The summed E-state index contributed by atoms with van der Waals surface area (Å²) in [6.45, 7) is 2.09. The van der Waals surface area contributed by atoms with Gasteiger partial charge in [0.25, 0.3) is 0 Å². The summed E-state index contributed by atoms with van der Waals surface area (Å²) in [5, 5.41) is 2.39. The average molecular weight is 379 g/mol. The maximum Gasteiger partial charge on any atom is 0.418 e. The molecule has 1 fully saturated rings. The van der Waals surface area contributed by atoms with E-state index in [0.29, 0.717) is 26.2 Å². The Kier molecular flexibility index (Phi) is 5.43. The van der Waals surface area contributed by atoms with Crippen molar-refractivity contribution >= 4 is 17.4 Å². The smallest absolute Gasteiger partial charge is 0.418 e. The fraction of sp³-hybridized carbons (Fsp3) is 0.316. The van der Waals surface area contributed by atoms with Gasteiger partial charge in [-0.2, -0.15) is 13.2 Å². The first-order chi connectivity index (χ1) is 12.9. The van der Waals surface area contributed by atoms with Gasteiger partial charge in [0, 0.05) is 31.9 Å². The molecule has 0 aromatic heterocycles. The molecule has 144 valence electrons. The number of benzene rings is 2. The van der Waals surface area contributed by atoms with Crippen molar-refractivity contribution < 1.29 is 22.7 Å². The van der Waals surface area contributed by atoms with Gasteiger partial charge in [-0.05, 0) is 30.3 Å². The second-order valence-corrected chi connectivity index (χ2v) is 6.15. The van der Waals surface area contributed by atoms with E-state index in [4.69, 9.17) is 4.74 Å². The van der Waals surface area contributed by atoms with Gasteiger partial charge in [-0.1, -0.05) is 18.2 Å². The van der Waals surface area contributed by atoms with Gasteiger partial charge < -0.3 is 19.9 Å². The van der Waals surface area contributed by atoms with Crippen LogP contribution in [0.3, 0.4) is 0 Å². The second-order valence-electron chi connectivity index (χ2n) is 6.15. The predicted molar refractivity (Wildman–Crippen MR) is 97.2 cm³/mol. The Morgan fingerprint density at radius 2 is 1.70 bits per heavy atom. The molecule has 1 aliphatic heterocycles. The van der Waals surface area contributed by atoms with E-state index < -0.39 is 17.8 Å². The molecule has 1 saturated heterocycles. The first kappa shape index (κ1) is 18.9. The zero-order valence-corrected chi connectivity index (χ0v) is 14.8. The number of para-hydroxylation sites is 1.